The second-order valence-electron chi connectivity index (χ2n) is 5.45. The maximum Gasteiger partial charge on any atom is 0.227 e. The normalized spacial score (nSPS) is 10.8. The fourth-order valence-electron chi connectivity index (χ4n) is 2.38. The number of carbonyl (C=O) groups excluding carboxylic acids is 1. The van der Waals surface area contributed by atoms with Gasteiger partial charge in [0.05, 0.1) is 18.3 Å². The number of fused-ring (bicyclic) bond motifs is 1. The highest BCUT2D eigenvalue weighted by Crippen LogP contribution is 2.15. The summed E-state index contributed by atoms with van der Waals surface area (Å²) in [5.41, 5.74) is 3.31. The van der Waals surface area contributed by atoms with Crippen LogP contribution in [0.5, 0.6) is 0 Å². The van der Waals surface area contributed by atoms with Crippen LogP contribution in [0.3, 0.4) is 0 Å². The molecule has 5 heteroatoms. The molecule has 1 amide bonds. The minimum atomic E-state index is -0.0607. The molecule has 1 aromatic carbocycles. The minimum Gasteiger partial charge on any atom is -0.311 e. The number of nitrogens with one attached hydrogen (secondary N) is 1. The van der Waals surface area contributed by atoms with Crippen molar-refractivity contribution in [1.29, 1.82) is 0 Å². The number of benzene rings is 1. The van der Waals surface area contributed by atoms with Crippen molar-refractivity contribution >= 4 is 22.6 Å². The maximum atomic E-state index is 12.0. The van der Waals surface area contributed by atoms with Gasteiger partial charge in [0.15, 0.2) is 0 Å². The lowest BCUT2D eigenvalue weighted by Gasteiger charge is -2.06. The van der Waals surface area contributed by atoms with Crippen LogP contribution in [0.1, 0.15) is 17.5 Å². The number of amides is 1. The molecule has 0 atom stereocenters. The summed E-state index contributed by atoms with van der Waals surface area (Å²) < 4.78 is 1.87. The molecule has 0 fully saturated rings. The standard InChI is InChI=1S/C17H18N4O/c1-12-3-4-14-11-19-21(15(14)9-12)8-6-17(22)20-16-10-13(2)5-7-18-16/h3-5,7,9-11H,6,8H2,1-2H3,(H,18,20,22). The molecule has 0 unspecified atom stereocenters. The Morgan fingerprint density at radius 3 is 2.82 bits per heavy atom. The van der Waals surface area contributed by atoms with Crippen LogP contribution in [0, 0.1) is 13.8 Å². The Labute approximate surface area is 129 Å². The van der Waals surface area contributed by atoms with E-state index >= 15 is 0 Å². The molecule has 0 bridgehead atoms. The molecule has 2 heterocycles. The van der Waals surface area contributed by atoms with E-state index in [1.54, 1.807) is 6.20 Å². The number of carbonyl (C=O) groups is 1. The Kier molecular flexibility index (Phi) is 3.87. The van der Waals surface area contributed by atoms with Gasteiger partial charge in [0.1, 0.15) is 5.82 Å². The Morgan fingerprint density at radius 2 is 2.00 bits per heavy atom. The lowest BCUT2D eigenvalue weighted by molar-refractivity contribution is -0.116. The van der Waals surface area contributed by atoms with E-state index in [-0.39, 0.29) is 5.91 Å². The zero-order chi connectivity index (χ0) is 15.5. The lowest BCUT2D eigenvalue weighted by atomic mass is 10.2. The van der Waals surface area contributed by atoms with E-state index in [0.29, 0.717) is 18.8 Å². The second-order valence-corrected chi connectivity index (χ2v) is 5.45. The molecule has 1 N–H and O–H groups in total. The minimum absolute atomic E-state index is 0.0607. The smallest absolute Gasteiger partial charge is 0.227 e. The third kappa shape index (κ3) is 3.14. The Bertz CT molecular complexity index is 822. The summed E-state index contributed by atoms with van der Waals surface area (Å²) in [5, 5.41) is 8.25. The number of hydrogen-bond acceptors (Lipinski definition) is 3. The molecule has 3 aromatic rings. The number of anilines is 1. The molecule has 0 radical (unpaired) electrons. The van der Waals surface area contributed by atoms with Crippen molar-refractivity contribution in [2.75, 3.05) is 5.32 Å². The molecule has 0 saturated carbocycles. The Morgan fingerprint density at radius 1 is 1.18 bits per heavy atom. The molecule has 0 saturated heterocycles. The topological polar surface area (TPSA) is 59.8 Å². The van der Waals surface area contributed by atoms with E-state index in [1.165, 1.54) is 5.56 Å². The quantitative estimate of drug-likeness (QED) is 0.804. The van der Waals surface area contributed by atoms with Crippen LogP contribution in [0.25, 0.3) is 10.9 Å². The highest BCUT2D eigenvalue weighted by atomic mass is 16.1. The zero-order valence-electron chi connectivity index (χ0n) is 12.7. The fourth-order valence-corrected chi connectivity index (χ4v) is 2.38. The second kappa shape index (κ2) is 5.97. The molecule has 22 heavy (non-hydrogen) atoms. The lowest BCUT2D eigenvalue weighted by Crippen LogP contribution is -2.15. The average molecular weight is 294 g/mol. The highest BCUT2D eigenvalue weighted by Gasteiger charge is 2.07. The molecule has 2 aromatic heterocycles. The summed E-state index contributed by atoms with van der Waals surface area (Å²) >= 11 is 0. The van der Waals surface area contributed by atoms with Gasteiger partial charge >= 0.3 is 0 Å². The Balaban J connectivity index is 1.66. The summed E-state index contributed by atoms with van der Waals surface area (Å²) in [7, 11) is 0. The number of rotatable bonds is 4. The predicted molar refractivity (Wildman–Crippen MR) is 86.7 cm³/mol. The van der Waals surface area contributed by atoms with E-state index in [2.05, 4.69) is 27.5 Å². The molecule has 0 aliphatic rings. The van der Waals surface area contributed by atoms with Crippen LogP contribution in [0.2, 0.25) is 0 Å². The first-order valence-corrected chi connectivity index (χ1v) is 7.26. The summed E-state index contributed by atoms with van der Waals surface area (Å²) in [5.74, 6) is 0.528. The number of aromatic nitrogens is 3. The summed E-state index contributed by atoms with van der Waals surface area (Å²) in [4.78, 5) is 16.2. The van der Waals surface area contributed by atoms with Crippen LogP contribution in [0.15, 0.2) is 42.7 Å². The third-order valence-electron chi connectivity index (χ3n) is 3.53. The van der Waals surface area contributed by atoms with Gasteiger partial charge in [-0.1, -0.05) is 12.1 Å². The van der Waals surface area contributed by atoms with E-state index in [9.17, 15) is 4.79 Å². The van der Waals surface area contributed by atoms with Gasteiger partial charge in [-0.2, -0.15) is 5.10 Å². The van der Waals surface area contributed by atoms with Gasteiger partial charge in [0.2, 0.25) is 5.91 Å². The molecular weight excluding hydrogens is 276 g/mol. The molecule has 3 rings (SSSR count). The summed E-state index contributed by atoms with van der Waals surface area (Å²) in [6, 6.07) is 9.94. The van der Waals surface area contributed by atoms with E-state index in [4.69, 9.17) is 0 Å². The number of hydrogen-bond donors (Lipinski definition) is 1. The van der Waals surface area contributed by atoms with Crippen LogP contribution in [-0.4, -0.2) is 20.7 Å². The first kappa shape index (κ1) is 14.3. The van der Waals surface area contributed by atoms with Gasteiger partial charge < -0.3 is 5.32 Å². The fraction of sp³-hybridized carbons (Fsp3) is 0.235. The van der Waals surface area contributed by atoms with Crippen molar-refractivity contribution in [3.05, 3.63) is 53.9 Å². The SMILES string of the molecule is Cc1ccnc(NC(=O)CCn2ncc3ccc(C)cc32)c1. The van der Waals surface area contributed by atoms with Gasteiger partial charge in [-0.3, -0.25) is 9.48 Å². The molecule has 0 aliphatic heterocycles. The zero-order valence-corrected chi connectivity index (χ0v) is 12.7. The average Bonchev–Trinajstić information content (AvgIpc) is 2.87. The maximum absolute atomic E-state index is 12.0. The van der Waals surface area contributed by atoms with Gasteiger partial charge in [-0.15, -0.1) is 0 Å². The van der Waals surface area contributed by atoms with Crippen molar-refractivity contribution in [2.45, 2.75) is 26.8 Å². The van der Waals surface area contributed by atoms with Gasteiger partial charge in [-0.25, -0.2) is 4.98 Å². The van der Waals surface area contributed by atoms with E-state index < -0.39 is 0 Å². The molecule has 0 aliphatic carbocycles. The molecular formula is C17H18N4O. The predicted octanol–water partition coefficient (Wildman–Crippen LogP) is 3.08. The van der Waals surface area contributed by atoms with Crippen LogP contribution in [0.4, 0.5) is 5.82 Å². The first-order valence-electron chi connectivity index (χ1n) is 7.26. The Hall–Kier alpha value is -2.69. The molecule has 0 spiro atoms. The number of nitrogens with zero attached hydrogens (tertiary/aromatic N) is 3. The van der Waals surface area contributed by atoms with Crippen molar-refractivity contribution in [2.24, 2.45) is 0 Å². The van der Waals surface area contributed by atoms with Crippen LogP contribution < -0.4 is 5.32 Å². The number of pyridine rings is 1. The largest absolute Gasteiger partial charge is 0.311 e. The van der Waals surface area contributed by atoms with E-state index in [0.717, 1.165) is 16.5 Å². The third-order valence-corrected chi connectivity index (χ3v) is 3.53. The van der Waals surface area contributed by atoms with Gasteiger partial charge in [0.25, 0.3) is 0 Å². The van der Waals surface area contributed by atoms with E-state index in [1.807, 2.05) is 42.9 Å². The summed E-state index contributed by atoms with van der Waals surface area (Å²) in [6.07, 6.45) is 3.88. The van der Waals surface area contributed by atoms with Crippen molar-refractivity contribution < 1.29 is 4.79 Å². The monoisotopic (exact) mass is 294 g/mol. The highest BCUT2D eigenvalue weighted by molar-refractivity contribution is 5.89. The van der Waals surface area contributed by atoms with Crippen LogP contribution >= 0.6 is 0 Å². The summed E-state index contributed by atoms with van der Waals surface area (Å²) in [6.45, 7) is 4.56. The van der Waals surface area contributed by atoms with Crippen molar-refractivity contribution in [3.63, 3.8) is 0 Å². The molecule has 112 valence electrons. The van der Waals surface area contributed by atoms with Crippen LogP contribution in [-0.2, 0) is 11.3 Å². The molecule has 5 nitrogen and oxygen atoms in total. The first-order chi connectivity index (χ1) is 10.6. The number of aryl methyl sites for hydroxylation is 3. The van der Waals surface area contributed by atoms with Crippen molar-refractivity contribution in [3.8, 4) is 0 Å². The van der Waals surface area contributed by atoms with Gasteiger partial charge in [0, 0.05) is 18.0 Å². The van der Waals surface area contributed by atoms with Gasteiger partial charge in [-0.05, 0) is 43.2 Å². The van der Waals surface area contributed by atoms with Crippen molar-refractivity contribution in [1.82, 2.24) is 14.8 Å².